The lowest BCUT2D eigenvalue weighted by molar-refractivity contribution is 1.33. The Labute approximate surface area is 256 Å². The van der Waals surface area contributed by atoms with E-state index in [9.17, 15) is 0 Å². The first-order valence-electron chi connectivity index (χ1n) is 15.1. The highest BCUT2D eigenvalue weighted by Gasteiger charge is 2.17. The highest BCUT2D eigenvalue weighted by molar-refractivity contribution is 6.28. The quantitative estimate of drug-likeness (QED) is 0.196. The lowest BCUT2D eigenvalue weighted by Gasteiger charge is -2.18. The van der Waals surface area contributed by atoms with E-state index in [0.29, 0.717) is 0 Å². The molecule has 0 fully saturated rings. The van der Waals surface area contributed by atoms with Crippen molar-refractivity contribution in [3.8, 4) is 44.6 Å². The van der Waals surface area contributed by atoms with Crippen LogP contribution in [0.1, 0.15) is 0 Å². The van der Waals surface area contributed by atoms with E-state index in [4.69, 9.17) is 0 Å². The molecule has 8 aromatic carbocycles. The number of pyridine rings is 1. The highest BCUT2D eigenvalue weighted by Crippen LogP contribution is 2.44. The van der Waals surface area contributed by atoms with Crippen molar-refractivity contribution in [1.82, 2.24) is 4.98 Å². The molecule has 9 rings (SSSR count). The summed E-state index contributed by atoms with van der Waals surface area (Å²) in [4.78, 5) is 4.56. The van der Waals surface area contributed by atoms with Gasteiger partial charge in [0.2, 0.25) is 0 Å². The minimum atomic E-state index is 0.987. The lowest BCUT2D eigenvalue weighted by atomic mass is 9.85. The predicted octanol–water partition coefficient (Wildman–Crippen LogP) is 11.8. The molecule has 0 saturated carbocycles. The van der Waals surface area contributed by atoms with E-state index in [-0.39, 0.29) is 0 Å². The fourth-order valence-corrected chi connectivity index (χ4v) is 6.97. The summed E-state index contributed by atoms with van der Waals surface area (Å²) in [6.45, 7) is 0. The van der Waals surface area contributed by atoms with Crippen molar-refractivity contribution in [2.45, 2.75) is 0 Å². The molecule has 0 N–H and O–H groups in total. The van der Waals surface area contributed by atoms with Gasteiger partial charge in [0.15, 0.2) is 0 Å². The monoisotopic (exact) mass is 557 g/mol. The lowest BCUT2D eigenvalue weighted by Crippen LogP contribution is -1.91. The maximum atomic E-state index is 4.56. The number of nitrogens with zero attached hydrogens (tertiary/aromatic N) is 1. The van der Waals surface area contributed by atoms with E-state index in [1.165, 1.54) is 76.5 Å². The van der Waals surface area contributed by atoms with Crippen LogP contribution >= 0.6 is 0 Å². The maximum absolute atomic E-state index is 4.56. The molecule has 0 bridgehead atoms. The standard InChI is InChI=1S/C43H27N/c1-2-11-35-28(7-1)8-6-12-36(35)29-14-16-30(17-15-29)39-27-40(31-18-20-32(21-19-31)41-13-3-4-26-44-41)38-25-23-34-10-5-9-33-22-24-37(39)43(38)42(33)34/h1-27H. The van der Waals surface area contributed by atoms with Crippen LogP contribution in [0.25, 0.3) is 87.7 Å². The number of rotatable bonds is 4. The van der Waals surface area contributed by atoms with Gasteiger partial charge in [-0.05, 0) is 94.7 Å². The summed E-state index contributed by atoms with van der Waals surface area (Å²) in [5, 5.41) is 10.3. The van der Waals surface area contributed by atoms with E-state index >= 15 is 0 Å². The number of fused-ring (bicyclic) bond motifs is 1. The van der Waals surface area contributed by atoms with Crippen molar-refractivity contribution in [2.75, 3.05) is 0 Å². The second-order valence-corrected chi connectivity index (χ2v) is 11.5. The second kappa shape index (κ2) is 9.90. The number of hydrogen-bond acceptors (Lipinski definition) is 1. The molecule has 1 nitrogen and oxygen atoms in total. The van der Waals surface area contributed by atoms with Gasteiger partial charge in [-0.25, -0.2) is 0 Å². The smallest absolute Gasteiger partial charge is 0.0701 e. The molecule has 1 heterocycles. The first kappa shape index (κ1) is 24.8. The van der Waals surface area contributed by atoms with Gasteiger partial charge in [-0.1, -0.05) is 140 Å². The normalized spacial score (nSPS) is 11.6. The van der Waals surface area contributed by atoms with Gasteiger partial charge in [0.05, 0.1) is 5.69 Å². The Hall–Kier alpha value is -5.79. The molecule has 9 aromatic rings. The highest BCUT2D eigenvalue weighted by atomic mass is 14.7. The Morgan fingerprint density at radius 1 is 0.318 bits per heavy atom. The first-order valence-corrected chi connectivity index (χ1v) is 15.1. The Kier molecular flexibility index (Phi) is 5.57. The van der Waals surface area contributed by atoms with Crippen LogP contribution in [-0.2, 0) is 0 Å². The molecule has 0 amide bonds. The van der Waals surface area contributed by atoms with Crippen LogP contribution in [0.3, 0.4) is 0 Å². The summed E-state index contributed by atoms with van der Waals surface area (Å²) in [6.07, 6.45) is 1.85. The molecule has 0 saturated heterocycles. The summed E-state index contributed by atoms with van der Waals surface area (Å²) >= 11 is 0. The van der Waals surface area contributed by atoms with Crippen LogP contribution < -0.4 is 0 Å². The minimum Gasteiger partial charge on any atom is -0.256 e. The Bertz CT molecular complexity index is 2430. The molecule has 1 aromatic heterocycles. The van der Waals surface area contributed by atoms with Gasteiger partial charge in [0.25, 0.3) is 0 Å². The molecule has 0 aliphatic carbocycles. The average Bonchev–Trinajstić information content (AvgIpc) is 3.11. The molecule has 0 atom stereocenters. The van der Waals surface area contributed by atoms with E-state index < -0.39 is 0 Å². The summed E-state index contributed by atoms with van der Waals surface area (Å²) in [5.74, 6) is 0. The summed E-state index contributed by atoms with van der Waals surface area (Å²) in [7, 11) is 0. The third-order valence-corrected chi connectivity index (χ3v) is 9.10. The van der Waals surface area contributed by atoms with E-state index in [0.717, 1.165) is 11.3 Å². The van der Waals surface area contributed by atoms with E-state index in [1.807, 2.05) is 18.3 Å². The zero-order valence-corrected chi connectivity index (χ0v) is 24.0. The van der Waals surface area contributed by atoms with Gasteiger partial charge >= 0.3 is 0 Å². The Morgan fingerprint density at radius 2 is 0.864 bits per heavy atom. The van der Waals surface area contributed by atoms with Crippen LogP contribution in [0.4, 0.5) is 0 Å². The van der Waals surface area contributed by atoms with Gasteiger partial charge in [0, 0.05) is 11.8 Å². The SMILES string of the molecule is c1ccc(-c2ccc(-c3cc(-c4ccc(-c5cccc6ccccc56)cc4)c4ccc5cccc6ccc3c4c65)cc2)nc1. The van der Waals surface area contributed by atoms with Crippen LogP contribution in [0.2, 0.25) is 0 Å². The van der Waals surface area contributed by atoms with Crippen molar-refractivity contribution in [2.24, 2.45) is 0 Å². The molecule has 204 valence electrons. The van der Waals surface area contributed by atoms with Crippen LogP contribution in [0.15, 0.2) is 164 Å². The number of aromatic nitrogens is 1. The summed E-state index contributed by atoms with van der Waals surface area (Å²) in [6, 6.07) is 57.4. The third kappa shape index (κ3) is 3.91. The zero-order chi connectivity index (χ0) is 29.0. The topological polar surface area (TPSA) is 12.9 Å². The fraction of sp³-hybridized carbons (Fsp3) is 0. The Morgan fingerprint density at radius 3 is 1.52 bits per heavy atom. The minimum absolute atomic E-state index is 0.987. The van der Waals surface area contributed by atoms with Gasteiger partial charge < -0.3 is 0 Å². The van der Waals surface area contributed by atoms with Gasteiger partial charge in [-0.3, -0.25) is 4.98 Å². The molecule has 0 aliphatic heterocycles. The summed E-state index contributed by atoms with van der Waals surface area (Å²) in [5.41, 5.74) is 9.53. The van der Waals surface area contributed by atoms with E-state index in [1.54, 1.807) is 0 Å². The average molecular weight is 558 g/mol. The molecule has 0 aliphatic rings. The largest absolute Gasteiger partial charge is 0.256 e. The number of benzene rings is 8. The van der Waals surface area contributed by atoms with Crippen LogP contribution in [0, 0.1) is 0 Å². The molecular formula is C43H27N. The van der Waals surface area contributed by atoms with Gasteiger partial charge in [0.1, 0.15) is 0 Å². The molecule has 0 spiro atoms. The zero-order valence-electron chi connectivity index (χ0n) is 24.0. The third-order valence-electron chi connectivity index (χ3n) is 9.10. The van der Waals surface area contributed by atoms with Crippen molar-refractivity contribution in [1.29, 1.82) is 0 Å². The van der Waals surface area contributed by atoms with Crippen molar-refractivity contribution in [3.05, 3.63) is 164 Å². The second-order valence-electron chi connectivity index (χ2n) is 11.5. The van der Waals surface area contributed by atoms with E-state index in [2.05, 4.69) is 151 Å². The van der Waals surface area contributed by atoms with Gasteiger partial charge in [-0.2, -0.15) is 0 Å². The molecule has 0 unspecified atom stereocenters. The van der Waals surface area contributed by atoms with Crippen LogP contribution in [0.5, 0.6) is 0 Å². The molecular weight excluding hydrogens is 530 g/mol. The maximum Gasteiger partial charge on any atom is 0.0701 e. The van der Waals surface area contributed by atoms with Gasteiger partial charge in [-0.15, -0.1) is 0 Å². The Balaban J connectivity index is 1.25. The van der Waals surface area contributed by atoms with Crippen LogP contribution in [-0.4, -0.2) is 4.98 Å². The first-order chi connectivity index (χ1) is 21.8. The number of hydrogen-bond donors (Lipinski definition) is 0. The molecule has 1 heteroatoms. The van der Waals surface area contributed by atoms with Crippen molar-refractivity contribution in [3.63, 3.8) is 0 Å². The molecule has 44 heavy (non-hydrogen) atoms. The summed E-state index contributed by atoms with van der Waals surface area (Å²) < 4.78 is 0. The molecule has 0 radical (unpaired) electrons. The van der Waals surface area contributed by atoms with Crippen molar-refractivity contribution >= 4 is 43.1 Å². The fourth-order valence-electron chi connectivity index (χ4n) is 6.97. The predicted molar refractivity (Wildman–Crippen MR) is 187 cm³/mol. The van der Waals surface area contributed by atoms with Crippen molar-refractivity contribution < 1.29 is 0 Å².